The van der Waals surface area contributed by atoms with E-state index in [4.69, 9.17) is 11.6 Å². The lowest BCUT2D eigenvalue weighted by Crippen LogP contribution is -2.36. The van der Waals surface area contributed by atoms with Gasteiger partial charge < -0.3 is 9.80 Å². The zero-order valence-corrected chi connectivity index (χ0v) is 12.4. The van der Waals surface area contributed by atoms with Gasteiger partial charge in [-0.15, -0.1) is 0 Å². The standard InChI is InChI=1S/C15H21ClN2O/c1-17(2)11-15(19)18-8-7-13(10-18)9-12-3-5-14(16)6-4-12/h3-6,13H,7-11H2,1-2H3. The maximum absolute atomic E-state index is 12.0. The van der Waals surface area contributed by atoms with E-state index in [0.29, 0.717) is 12.5 Å². The van der Waals surface area contributed by atoms with E-state index < -0.39 is 0 Å². The van der Waals surface area contributed by atoms with Crippen molar-refractivity contribution in [2.45, 2.75) is 12.8 Å². The Balaban J connectivity index is 1.85. The fourth-order valence-electron chi connectivity index (χ4n) is 2.55. The summed E-state index contributed by atoms with van der Waals surface area (Å²) in [5.41, 5.74) is 1.30. The third-order valence-corrected chi connectivity index (χ3v) is 3.78. The lowest BCUT2D eigenvalue weighted by molar-refractivity contribution is -0.130. The topological polar surface area (TPSA) is 23.6 Å². The molecule has 1 fully saturated rings. The van der Waals surface area contributed by atoms with Crippen molar-refractivity contribution < 1.29 is 4.79 Å². The quantitative estimate of drug-likeness (QED) is 0.845. The second kappa shape index (κ2) is 6.40. The Labute approximate surface area is 120 Å². The first kappa shape index (κ1) is 14.4. The highest BCUT2D eigenvalue weighted by atomic mass is 35.5. The van der Waals surface area contributed by atoms with Crippen LogP contribution in [0.3, 0.4) is 0 Å². The maximum atomic E-state index is 12.0. The summed E-state index contributed by atoms with van der Waals surface area (Å²) in [6.07, 6.45) is 2.13. The summed E-state index contributed by atoms with van der Waals surface area (Å²) >= 11 is 5.88. The molecule has 1 aromatic carbocycles. The number of likely N-dealkylation sites (tertiary alicyclic amines) is 1. The first-order valence-electron chi connectivity index (χ1n) is 6.71. The van der Waals surface area contributed by atoms with Gasteiger partial charge >= 0.3 is 0 Å². The smallest absolute Gasteiger partial charge is 0.236 e. The van der Waals surface area contributed by atoms with Gasteiger partial charge in [0, 0.05) is 18.1 Å². The summed E-state index contributed by atoms with van der Waals surface area (Å²) in [5.74, 6) is 0.816. The van der Waals surface area contributed by atoms with Crippen LogP contribution in [0, 0.1) is 5.92 Å². The summed E-state index contributed by atoms with van der Waals surface area (Å²) in [7, 11) is 3.86. The summed E-state index contributed by atoms with van der Waals surface area (Å²) in [5, 5.41) is 0.776. The molecule has 0 bridgehead atoms. The molecule has 1 amide bonds. The predicted octanol–water partition coefficient (Wildman–Crippen LogP) is 2.29. The molecule has 1 heterocycles. The largest absolute Gasteiger partial charge is 0.341 e. The monoisotopic (exact) mass is 280 g/mol. The highest BCUT2D eigenvalue weighted by Gasteiger charge is 2.26. The minimum absolute atomic E-state index is 0.239. The van der Waals surface area contributed by atoms with Gasteiger partial charge in [-0.1, -0.05) is 23.7 Å². The number of halogens is 1. The van der Waals surface area contributed by atoms with E-state index in [1.54, 1.807) is 0 Å². The minimum atomic E-state index is 0.239. The first-order chi connectivity index (χ1) is 9.04. The molecule has 1 aliphatic rings. The number of benzene rings is 1. The molecule has 19 heavy (non-hydrogen) atoms. The Morgan fingerprint density at radius 2 is 2.05 bits per heavy atom. The van der Waals surface area contributed by atoms with E-state index in [9.17, 15) is 4.79 Å². The van der Waals surface area contributed by atoms with Crippen LogP contribution in [0.15, 0.2) is 24.3 Å². The van der Waals surface area contributed by atoms with E-state index in [1.165, 1.54) is 5.56 Å². The van der Waals surface area contributed by atoms with Gasteiger partial charge in [-0.3, -0.25) is 4.79 Å². The SMILES string of the molecule is CN(C)CC(=O)N1CCC(Cc2ccc(Cl)cc2)C1. The van der Waals surface area contributed by atoms with Crippen LogP contribution < -0.4 is 0 Å². The van der Waals surface area contributed by atoms with E-state index in [-0.39, 0.29) is 5.91 Å². The van der Waals surface area contributed by atoms with Crippen LogP contribution in [-0.2, 0) is 11.2 Å². The molecular weight excluding hydrogens is 260 g/mol. The zero-order valence-electron chi connectivity index (χ0n) is 11.6. The van der Waals surface area contributed by atoms with E-state index >= 15 is 0 Å². The number of hydrogen-bond donors (Lipinski definition) is 0. The average Bonchev–Trinajstić information content (AvgIpc) is 2.80. The second-order valence-corrected chi connectivity index (χ2v) is 6.00. The van der Waals surface area contributed by atoms with Crippen molar-refractivity contribution in [3.8, 4) is 0 Å². The highest BCUT2D eigenvalue weighted by Crippen LogP contribution is 2.21. The number of hydrogen-bond acceptors (Lipinski definition) is 2. The van der Waals surface area contributed by atoms with Gasteiger partial charge in [0.05, 0.1) is 6.54 Å². The number of carbonyl (C=O) groups excluding carboxylic acids is 1. The van der Waals surface area contributed by atoms with Gasteiger partial charge in [-0.25, -0.2) is 0 Å². The van der Waals surface area contributed by atoms with E-state index in [0.717, 1.165) is 31.0 Å². The van der Waals surface area contributed by atoms with Crippen molar-refractivity contribution in [3.05, 3.63) is 34.9 Å². The van der Waals surface area contributed by atoms with Gasteiger partial charge in [-0.05, 0) is 50.6 Å². The molecule has 0 saturated carbocycles. The molecule has 0 aromatic heterocycles. The Morgan fingerprint density at radius 3 is 2.68 bits per heavy atom. The predicted molar refractivity (Wildman–Crippen MR) is 78.4 cm³/mol. The normalized spacial score (nSPS) is 19.2. The number of amides is 1. The van der Waals surface area contributed by atoms with Gasteiger partial charge in [0.25, 0.3) is 0 Å². The molecule has 1 unspecified atom stereocenters. The van der Waals surface area contributed by atoms with Crippen molar-refractivity contribution in [2.75, 3.05) is 33.7 Å². The second-order valence-electron chi connectivity index (χ2n) is 5.56. The Kier molecular flexibility index (Phi) is 4.83. The molecule has 0 spiro atoms. The lowest BCUT2D eigenvalue weighted by atomic mass is 9.99. The molecule has 1 aliphatic heterocycles. The van der Waals surface area contributed by atoms with E-state index in [2.05, 4.69) is 12.1 Å². The Hall–Kier alpha value is -1.06. The molecule has 0 radical (unpaired) electrons. The minimum Gasteiger partial charge on any atom is -0.341 e. The lowest BCUT2D eigenvalue weighted by Gasteiger charge is -2.19. The maximum Gasteiger partial charge on any atom is 0.236 e. The number of likely N-dealkylation sites (N-methyl/N-ethyl adjacent to an activating group) is 1. The fraction of sp³-hybridized carbons (Fsp3) is 0.533. The molecule has 4 heteroatoms. The molecule has 1 saturated heterocycles. The fourth-order valence-corrected chi connectivity index (χ4v) is 2.68. The molecule has 1 atom stereocenters. The molecule has 0 N–H and O–H groups in total. The zero-order chi connectivity index (χ0) is 13.8. The van der Waals surface area contributed by atoms with Crippen LogP contribution in [-0.4, -0.2) is 49.4 Å². The number of nitrogens with zero attached hydrogens (tertiary/aromatic N) is 2. The highest BCUT2D eigenvalue weighted by molar-refractivity contribution is 6.30. The molecule has 2 rings (SSSR count). The van der Waals surface area contributed by atoms with Gasteiger partial charge in [0.2, 0.25) is 5.91 Å². The van der Waals surface area contributed by atoms with Crippen molar-refractivity contribution in [1.82, 2.24) is 9.80 Å². The number of carbonyl (C=O) groups is 1. The van der Waals surface area contributed by atoms with Crippen LogP contribution in [0.5, 0.6) is 0 Å². The van der Waals surface area contributed by atoms with Crippen molar-refractivity contribution in [3.63, 3.8) is 0 Å². The first-order valence-corrected chi connectivity index (χ1v) is 7.09. The van der Waals surface area contributed by atoms with Crippen molar-refractivity contribution in [2.24, 2.45) is 5.92 Å². The third kappa shape index (κ3) is 4.22. The van der Waals surface area contributed by atoms with Crippen molar-refractivity contribution in [1.29, 1.82) is 0 Å². The molecule has 0 aliphatic carbocycles. The Morgan fingerprint density at radius 1 is 1.37 bits per heavy atom. The van der Waals surface area contributed by atoms with Gasteiger partial charge in [-0.2, -0.15) is 0 Å². The van der Waals surface area contributed by atoms with Crippen molar-refractivity contribution >= 4 is 17.5 Å². The van der Waals surface area contributed by atoms with Gasteiger partial charge in [0.1, 0.15) is 0 Å². The summed E-state index contributed by atoms with van der Waals surface area (Å²) < 4.78 is 0. The number of rotatable bonds is 4. The summed E-state index contributed by atoms with van der Waals surface area (Å²) in [4.78, 5) is 15.9. The Bertz CT molecular complexity index is 430. The van der Waals surface area contributed by atoms with Gasteiger partial charge in [0.15, 0.2) is 0 Å². The average molecular weight is 281 g/mol. The van der Waals surface area contributed by atoms with Crippen LogP contribution in [0.2, 0.25) is 5.02 Å². The molecular formula is C15H21ClN2O. The molecule has 1 aromatic rings. The van der Waals surface area contributed by atoms with Crippen LogP contribution in [0.1, 0.15) is 12.0 Å². The summed E-state index contributed by atoms with van der Waals surface area (Å²) in [6.45, 7) is 2.29. The molecule has 104 valence electrons. The summed E-state index contributed by atoms with van der Waals surface area (Å²) in [6, 6.07) is 8.01. The third-order valence-electron chi connectivity index (χ3n) is 3.53. The van der Waals surface area contributed by atoms with Crippen LogP contribution >= 0.6 is 11.6 Å². The molecule has 3 nitrogen and oxygen atoms in total. The van der Waals surface area contributed by atoms with Crippen LogP contribution in [0.4, 0.5) is 0 Å². The van der Waals surface area contributed by atoms with E-state index in [1.807, 2.05) is 36.0 Å². The van der Waals surface area contributed by atoms with Crippen LogP contribution in [0.25, 0.3) is 0 Å².